The minimum Gasteiger partial charge on any atom is -0.478 e. The van der Waals surface area contributed by atoms with E-state index in [0.29, 0.717) is 0 Å². The number of hydrogen-bond acceptors (Lipinski definition) is 13. The van der Waals surface area contributed by atoms with Gasteiger partial charge in [-0.15, -0.1) is 0 Å². The number of hydrogen-bond donors (Lipinski definition) is 4. The molecular weight excluding hydrogens is 582 g/mol. The highest BCUT2D eigenvalue weighted by molar-refractivity contribution is 6.01. The topological polar surface area (TPSA) is 207 Å². The van der Waals surface area contributed by atoms with Gasteiger partial charge in [0, 0.05) is 13.5 Å². The van der Waals surface area contributed by atoms with Crippen molar-refractivity contribution in [2.24, 2.45) is 10.7 Å². The van der Waals surface area contributed by atoms with Crippen LogP contribution in [0, 0.1) is 0 Å². The second kappa shape index (κ2) is 15.0. The maximum atomic E-state index is 12.8. The summed E-state index contributed by atoms with van der Waals surface area (Å²) in [6.07, 6.45) is -3.36. The predicted octanol–water partition coefficient (Wildman–Crippen LogP) is 1.22. The van der Waals surface area contributed by atoms with Gasteiger partial charge < -0.3 is 44.2 Å². The van der Waals surface area contributed by atoms with Crippen LogP contribution in [-0.4, -0.2) is 104 Å². The van der Waals surface area contributed by atoms with Gasteiger partial charge in [0.2, 0.25) is 17.6 Å². The van der Waals surface area contributed by atoms with Gasteiger partial charge in [-0.3, -0.25) is 15.4 Å². The average molecular weight is 630 g/mol. The summed E-state index contributed by atoms with van der Waals surface area (Å²) >= 11 is 0. The number of amides is 3. The van der Waals surface area contributed by atoms with E-state index in [1.54, 1.807) is 55.4 Å². The Hall–Kier alpha value is -3.47. The molecule has 250 valence electrons. The molecule has 16 nitrogen and oxygen atoms in total. The maximum Gasteiger partial charge on any atom is 0.414 e. The van der Waals surface area contributed by atoms with E-state index in [2.05, 4.69) is 20.9 Å². The first-order valence-corrected chi connectivity index (χ1v) is 14.2. The van der Waals surface area contributed by atoms with E-state index in [9.17, 15) is 19.2 Å². The molecule has 0 bridgehead atoms. The number of carbonyl (C=O) groups is 4. The van der Waals surface area contributed by atoms with Gasteiger partial charge in [-0.25, -0.2) is 19.4 Å². The quantitative estimate of drug-likeness (QED) is 0.129. The fraction of sp³-hybridized carbons (Fsp3) is 0.750. The van der Waals surface area contributed by atoms with E-state index < -0.39 is 77.4 Å². The number of nitrogens with two attached hydrogens (primary N) is 1. The third kappa shape index (κ3) is 11.9. The summed E-state index contributed by atoms with van der Waals surface area (Å²) in [6, 6.07) is -2.18. The van der Waals surface area contributed by atoms with Crippen molar-refractivity contribution < 1.29 is 52.3 Å². The first kappa shape index (κ1) is 36.7. The number of esters is 1. The molecule has 3 amide bonds. The van der Waals surface area contributed by atoms with Crippen molar-refractivity contribution in [1.82, 2.24) is 16.0 Å². The van der Waals surface area contributed by atoms with Crippen LogP contribution in [0.3, 0.4) is 0 Å². The highest BCUT2D eigenvalue weighted by Gasteiger charge is 2.49. The lowest BCUT2D eigenvalue weighted by molar-refractivity contribution is -0.178. The van der Waals surface area contributed by atoms with Gasteiger partial charge in [0.05, 0.1) is 32.4 Å². The van der Waals surface area contributed by atoms with Crippen molar-refractivity contribution in [2.45, 2.75) is 110 Å². The van der Waals surface area contributed by atoms with Crippen LogP contribution in [0.15, 0.2) is 16.8 Å². The van der Waals surface area contributed by atoms with Crippen LogP contribution in [0.25, 0.3) is 0 Å². The van der Waals surface area contributed by atoms with Gasteiger partial charge in [-0.05, 0) is 61.5 Å². The number of alkyl carbamates (subject to hydrolysis) is 2. The summed E-state index contributed by atoms with van der Waals surface area (Å²) < 4.78 is 39.5. The third-order valence-electron chi connectivity index (χ3n) is 5.73. The van der Waals surface area contributed by atoms with E-state index >= 15 is 0 Å². The molecule has 0 aromatic carbocycles. The summed E-state index contributed by atoms with van der Waals surface area (Å²) in [5.41, 5.74) is 3.96. The monoisotopic (exact) mass is 629 g/mol. The fourth-order valence-electron chi connectivity index (χ4n) is 4.26. The lowest BCUT2D eigenvalue weighted by Gasteiger charge is -2.41. The number of ether oxygens (including phenoxy) is 7. The van der Waals surface area contributed by atoms with Crippen molar-refractivity contribution >= 4 is 30.0 Å². The number of rotatable bonds is 8. The largest absolute Gasteiger partial charge is 0.478 e. The number of methoxy groups -OCH3 is 1. The molecule has 2 aliphatic heterocycles. The van der Waals surface area contributed by atoms with Crippen LogP contribution in [0.5, 0.6) is 0 Å². The van der Waals surface area contributed by atoms with Crippen LogP contribution in [0.2, 0.25) is 0 Å². The van der Waals surface area contributed by atoms with Crippen molar-refractivity contribution in [2.75, 3.05) is 26.9 Å². The van der Waals surface area contributed by atoms with Crippen molar-refractivity contribution in [3.8, 4) is 0 Å². The van der Waals surface area contributed by atoms with Gasteiger partial charge in [0.15, 0.2) is 11.9 Å². The van der Waals surface area contributed by atoms with Gasteiger partial charge >= 0.3 is 18.2 Å². The molecule has 2 aliphatic rings. The maximum absolute atomic E-state index is 12.8. The average Bonchev–Trinajstić information content (AvgIpc) is 3.21. The molecule has 2 heterocycles. The first-order valence-electron chi connectivity index (χ1n) is 14.2. The lowest BCUT2D eigenvalue weighted by Crippen LogP contribution is -2.61. The minimum atomic E-state index is -1.15. The van der Waals surface area contributed by atoms with E-state index in [1.807, 2.05) is 0 Å². The molecule has 44 heavy (non-hydrogen) atoms. The molecule has 2 rings (SSSR count). The van der Waals surface area contributed by atoms with Crippen molar-refractivity contribution in [3.05, 3.63) is 11.8 Å². The minimum absolute atomic E-state index is 0.0778. The number of guanidine groups is 1. The molecule has 0 aromatic heterocycles. The standard InChI is InChI=1S/C28H47N5O11/c1-15(34)30-19-16(31-23(32-24(36)43-26(2,3)4)33-25(37)44-27(5,6)7)13-17(22(35)38-10)41-21(19)20(39-12-11-29)18-14-40-28(8,9)42-18/h13,16,18-21H,11-12,14,29H2,1-10H3,(H,30,34)(H2,31,32,33,36,37)/t16-,18+,19+,20+,21+/m0/s1. The highest BCUT2D eigenvalue weighted by atomic mass is 16.8. The fourth-order valence-corrected chi connectivity index (χ4v) is 4.26. The van der Waals surface area contributed by atoms with Crippen molar-refractivity contribution in [1.29, 1.82) is 0 Å². The van der Waals surface area contributed by atoms with Crippen LogP contribution in [-0.2, 0) is 42.7 Å². The van der Waals surface area contributed by atoms with Crippen LogP contribution >= 0.6 is 0 Å². The summed E-state index contributed by atoms with van der Waals surface area (Å²) in [6.45, 7) is 15.0. The Balaban J connectivity index is 2.66. The number of carbonyl (C=O) groups excluding carboxylic acids is 4. The van der Waals surface area contributed by atoms with Crippen LogP contribution < -0.4 is 21.7 Å². The zero-order valence-electron chi connectivity index (χ0n) is 27.1. The molecule has 0 saturated carbocycles. The molecule has 16 heteroatoms. The molecule has 0 radical (unpaired) electrons. The molecule has 0 aromatic rings. The Kier molecular flexibility index (Phi) is 12.5. The van der Waals surface area contributed by atoms with E-state index in [-0.39, 0.29) is 25.5 Å². The van der Waals surface area contributed by atoms with Crippen LogP contribution in [0.4, 0.5) is 9.59 Å². The van der Waals surface area contributed by atoms with Crippen LogP contribution in [0.1, 0.15) is 62.3 Å². The van der Waals surface area contributed by atoms with E-state index in [1.165, 1.54) is 13.0 Å². The normalized spacial score (nSPS) is 23.7. The molecule has 5 N–H and O–H groups in total. The number of nitrogens with one attached hydrogen (secondary N) is 3. The lowest BCUT2D eigenvalue weighted by atomic mass is 9.92. The summed E-state index contributed by atoms with van der Waals surface area (Å²) in [5.74, 6) is -2.92. The Labute approximate surface area is 257 Å². The SMILES string of the molecule is COC(=O)C1=C[C@H](N=C(NC(=O)OC(C)(C)C)NC(=O)OC(C)(C)C)[C@@H](NC(C)=O)[C@H]([C@H](OCCN)[C@H]2COC(C)(C)O2)O1. The molecule has 1 fully saturated rings. The second-order valence-corrected chi connectivity index (χ2v) is 12.5. The molecule has 1 saturated heterocycles. The van der Waals surface area contributed by atoms with Gasteiger partial charge in [-0.1, -0.05) is 0 Å². The van der Waals surface area contributed by atoms with Crippen molar-refractivity contribution in [3.63, 3.8) is 0 Å². The van der Waals surface area contributed by atoms with Gasteiger partial charge in [-0.2, -0.15) is 0 Å². The molecule has 0 unspecified atom stereocenters. The third-order valence-corrected chi connectivity index (χ3v) is 5.73. The Bertz CT molecular complexity index is 1080. The molecule has 0 spiro atoms. The Morgan fingerprint density at radius 2 is 1.64 bits per heavy atom. The smallest absolute Gasteiger partial charge is 0.414 e. The first-order chi connectivity index (χ1) is 20.2. The van der Waals surface area contributed by atoms with Gasteiger partial charge in [0.25, 0.3) is 0 Å². The molecule has 0 aliphatic carbocycles. The second-order valence-electron chi connectivity index (χ2n) is 12.5. The van der Waals surface area contributed by atoms with E-state index in [0.717, 1.165) is 7.11 Å². The van der Waals surface area contributed by atoms with E-state index in [4.69, 9.17) is 38.9 Å². The predicted molar refractivity (Wildman–Crippen MR) is 156 cm³/mol. The number of nitrogens with zero attached hydrogens (tertiary/aromatic N) is 1. The Morgan fingerprint density at radius 3 is 2.07 bits per heavy atom. The zero-order chi connectivity index (χ0) is 33.5. The Morgan fingerprint density at radius 1 is 1.07 bits per heavy atom. The zero-order valence-corrected chi connectivity index (χ0v) is 27.1. The summed E-state index contributed by atoms with van der Waals surface area (Å²) in [7, 11) is 1.16. The number of aliphatic imine (C=N–C) groups is 1. The molecule has 5 atom stereocenters. The highest BCUT2D eigenvalue weighted by Crippen LogP contribution is 2.32. The molecular formula is C28H47N5O11. The summed E-state index contributed by atoms with van der Waals surface area (Å²) in [4.78, 5) is 55.2. The summed E-state index contributed by atoms with van der Waals surface area (Å²) in [5, 5.41) is 7.58. The van der Waals surface area contributed by atoms with Gasteiger partial charge in [0.1, 0.15) is 23.4 Å².